The normalized spacial score (nSPS) is 15.3. The molecule has 2 atom stereocenters. The van der Waals surface area contributed by atoms with Crippen molar-refractivity contribution >= 4 is 5.97 Å². The summed E-state index contributed by atoms with van der Waals surface area (Å²) in [4.78, 5) is 11.2. The molecule has 0 aliphatic heterocycles. The Hall–Kier alpha value is -1.65. The lowest BCUT2D eigenvalue weighted by Gasteiger charge is -2.29. The summed E-state index contributed by atoms with van der Waals surface area (Å²) in [5.74, 6) is -1.74. The third-order valence-electron chi connectivity index (χ3n) is 3.49. The van der Waals surface area contributed by atoms with Crippen LogP contribution in [0.1, 0.15) is 25.3 Å². The predicted molar refractivity (Wildman–Crippen MR) is 77.3 cm³/mol. The summed E-state index contributed by atoms with van der Waals surface area (Å²) in [6, 6.07) is 9.73. The Morgan fingerprint density at radius 3 is 2.60 bits per heavy atom. The van der Waals surface area contributed by atoms with E-state index in [2.05, 4.69) is 6.58 Å². The molecule has 0 saturated carbocycles. The number of carboxylic acid groups (broad SMARTS) is 1. The van der Waals surface area contributed by atoms with Gasteiger partial charge in [0, 0.05) is 12.5 Å². The van der Waals surface area contributed by atoms with Crippen molar-refractivity contribution in [2.24, 2.45) is 5.92 Å². The molecule has 0 aromatic heterocycles. The maximum absolute atomic E-state index is 11.2. The minimum Gasteiger partial charge on any atom is -0.479 e. The van der Waals surface area contributed by atoms with Gasteiger partial charge in [0.1, 0.15) is 0 Å². The van der Waals surface area contributed by atoms with Crippen LogP contribution in [0.15, 0.2) is 43.0 Å². The SMILES string of the molecule is C=C[C@@H](CCOCc1ccccc1)[C@@](O)(CC)C(=O)O. The minimum absolute atomic E-state index is 0.137. The van der Waals surface area contributed by atoms with Crippen molar-refractivity contribution < 1.29 is 19.7 Å². The van der Waals surface area contributed by atoms with E-state index < -0.39 is 17.5 Å². The molecule has 20 heavy (non-hydrogen) atoms. The zero-order valence-electron chi connectivity index (χ0n) is 11.8. The van der Waals surface area contributed by atoms with Crippen molar-refractivity contribution in [1.29, 1.82) is 0 Å². The fourth-order valence-corrected chi connectivity index (χ4v) is 2.10. The molecule has 0 aliphatic rings. The number of aliphatic hydroxyl groups is 1. The van der Waals surface area contributed by atoms with Gasteiger partial charge in [-0.1, -0.05) is 43.3 Å². The van der Waals surface area contributed by atoms with E-state index >= 15 is 0 Å². The lowest BCUT2D eigenvalue weighted by molar-refractivity contribution is -0.164. The maximum Gasteiger partial charge on any atom is 0.336 e. The van der Waals surface area contributed by atoms with Crippen molar-refractivity contribution in [2.75, 3.05) is 6.61 Å². The molecule has 1 aromatic rings. The largest absolute Gasteiger partial charge is 0.479 e. The van der Waals surface area contributed by atoms with E-state index in [1.165, 1.54) is 6.08 Å². The van der Waals surface area contributed by atoms with E-state index in [4.69, 9.17) is 9.84 Å². The van der Waals surface area contributed by atoms with Crippen LogP contribution in [0.3, 0.4) is 0 Å². The van der Waals surface area contributed by atoms with Crippen LogP contribution in [0.5, 0.6) is 0 Å². The van der Waals surface area contributed by atoms with Gasteiger partial charge in [0.15, 0.2) is 5.60 Å². The van der Waals surface area contributed by atoms with Gasteiger partial charge in [-0.2, -0.15) is 0 Å². The summed E-state index contributed by atoms with van der Waals surface area (Å²) in [6.07, 6.45) is 2.05. The Kier molecular flexibility index (Phi) is 6.42. The Morgan fingerprint density at radius 1 is 1.45 bits per heavy atom. The van der Waals surface area contributed by atoms with Gasteiger partial charge in [0.05, 0.1) is 6.61 Å². The summed E-state index contributed by atoms with van der Waals surface area (Å²) in [6.45, 7) is 6.11. The summed E-state index contributed by atoms with van der Waals surface area (Å²) in [7, 11) is 0. The fraction of sp³-hybridized carbons (Fsp3) is 0.438. The van der Waals surface area contributed by atoms with Crippen molar-refractivity contribution in [1.82, 2.24) is 0 Å². The first-order valence-corrected chi connectivity index (χ1v) is 6.74. The van der Waals surface area contributed by atoms with E-state index in [1.54, 1.807) is 6.92 Å². The first-order valence-electron chi connectivity index (χ1n) is 6.74. The molecule has 1 rings (SSSR count). The second-order valence-electron chi connectivity index (χ2n) is 4.75. The van der Waals surface area contributed by atoms with Crippen LogP contribution in [-0.4, -0.2) is 28.4 Å². The molecule has 0 unspecified atom stereocenters. The number of benzene rings is 1. The lowest BCUT2D eigenvalue weighted by atomic mass is 9.83. The molecule has 1 aromatic carbocycles. The highest BCUT2D eigenvalue weighted by molar-refractivity contribution is 5.77. The van der Waals surface area contributed by atoms with Gasteiger partial charge in [-0.25, -0.2) is 4.79 Å². The molecule has 0 fully saturated rings. The van der Waals surface area contributed by atoms with Crippen LogP contribution >= 0.6 is 0 Å². The summed E-state index contributed by atoms with van der Waals surface area (Å²) in [5.41, 5.74) is -0.704. The third kappa shape index (κ3) is 4.18. The van der Waals surface area contributed by atoms with Gasteiger partial charge < -0.3 is 14.9 Å². The van der Waals surface area contributed by atoms with Gasteiger partial charge in [0.25, 0.3) is 0 Å². The fourth-order valence-electron chi connectivity index (χ4n) is 2.10. The molecule has 4 nitrogen and oxygen atoms in total. The predicted octanol–water partition coefficient (Wildman–Crippen LogP) is 2.62. The highest BCUT2D eigenvalue weighted by Gasteiger charge is 2.40. The van der Waals surface area contributed by atoms with Gasteiger partial charge in [-0.3, -0.25) is 0 Å². The number of hydrogen-bond acceptors (Lipinski definition) is 3. The number of aliphatic carboxylic acids is 1. The zero-order valence-corrected chi connectivity index (χ0v) is 11.8. The van der Waals surface area contributed by atoms with Crippen LogP contribution in [0.4, 0.5) is 0 Å². The van der Waals surface area contributed by atoms with Crippen molar-refractivity contribution in [3.8, 4) is 0 Å². The lowest BCUT2D eigenvalue weighted by Crippen LogP contribution is -2.45. The van der Waals surface area contributed by atoms with Crippen molar-refractivity contribution in [3.63, 3.8) is 0 Å². The molecular weight excluding hydrogens is 256 g/mol. The summed E-state index contributed by atoms with van der Waals surface area (Å²) < 4.78 is 5.52. The first kappa shape index (κ1) is 16.4. The van der Waals surface area contributed by atoms with Crippen molar-refractivity contribution in [2.45, 2.75) is 32.0 Å². The van der Waals surface area contributed by atoms with Gasteiger partial charge in [0.2, 0.25) is 0 Å². The molecule has 2 N–H and O–H groups in total. The van der Waals surface area contributed by atoms with E-state index in [9.17, 15) is 9.90 Å². The molecule has 0 amide bonds. The molecule has 0 heterocycles. The van der Waals surface area contributed by atoms with Crippen molar-refractivity contribution in [3.05, 3.63) is 48.6 Å². The molecule has 0 radical (unpaired) electrons. The minimum atomic E-state index is -1.77. The summed E-state index contributed by atoms with van der Waals surface area (Å²) >= 11 is 0. The Labute approximate surface area is 119 Å². The topological polar surface area (TPSA) is 66.8 Å². The highest BCUT2D eigenvalue weighted by Crippen LogP contribution is 2.26. The molecule has 4 heteroatoms. The summed E-state index contributed by atoms with van der Waals surface area (Å²) in [5, 5.41) is 19.3. The standard InChI is InChI=1S/C16H22O4/c1-3-14(16(19,4-2)15(17)18)10-11-20-12-13-8-6-5-7-9-13/h3,5-9,14,19H,1,4,10-12H2,2H3,(H,17,18)/t14-,16-/m0/s1. The van der Waals surface area contributed by atoms with Crippen LogP contribution < -0.4 is 0 Å². The maximum atomic E-state index is 11.2. The van der Waals surface area contributed by atoms with Crippen LogP contribution in [0.25, 0.3) is 0 Å². The van der Waals surface area contributed by atoms with Crippen LogP contribution in [-0.2, 0) is 16.1 Å². The second kappa shape index (κ2) is 7.82. The van der Waals surface area contributed by atoms with E-state index in [0.717, 1.165) is 5.56 Å². The van der Waals surface area contributed by atoms with Gasteiger partial charge >= 0.3 is 5.97 Å². The van der Waals surface area contributed by atoms with E-state index in [0.29, 0.717) is 19.6 Å². The third-order valence-corrected chi connectivity index (χ3v) is 3.49. The number of carboxylic acids is 1. The number of carbonyl (C=O) groups is 1. The van der Waals surface area contributed by atoms with Crippen LogP contribution in [0, 0.1) is 5.92 Å². The Balaban J connectivity index is 2.46. The Bertz CT molecular complexity index is 429. The molecule has 0 bridgehead atoms. The number of rotatable bonds is 9. The number of hydrogen-bond donors (Lipinski definition) is 2. The second-order valence-corrected chi connectivity index (χ2v) is 4.75. The smallest absolute Gasteiger partial charge is 0.336 e. The highest BCUT2D eigenvalue weighted by atomic mass is 16.5. The molecule has 0 spiro atoms. The Morgan fingerprint density at radius 2 is 2.10 bits per heavy atom. The van der Waals surface area contributed by atoms with E-state index in [1.807, 2.05) is 30.3 Å². The molecule has 0 saturated heterocycles. The monoisotopic (exact) mass is 278 g/mol. The van der Waals surface area contributed by atoms with Gasteiger partial charge in [-0.05, 0) is 18.4 Å². The average Bonchev–Trinajstić information content (AvgIpc) is 2.47. The van der Waals surface area contributed by atoms with E-state index in [-0.39, 0.29) is 6.42 Å². The average molecular weight is 278 g/mol. The zero-order chi connectivity index (χ0) is 15.0. The van der Waals surface area contributed by atoms with Gasteiger partial charge in [-0.15, -0.1) is 6.58 Å². The molecular formula is C16H22O4. The molecule has 110 valence electrons. The quantitative estimate of drug-likeness (QED) is 0.538. The molecule has 0 aliphatic carbocycles. The number of ether oxygens (including phenoxy) is 1. The van der Waals surface area contributed by atoms with Crippen LogP contribution in [0.2, 0.25) is 0 Å². The first-order chi connectivity index (χ1) is 9.54.